The third-order valence-electron chi connectivity index (χ3n) is 3.69. The van der Waals surface area contributed by atoms with Crippen LogP contribution < -0.4 is 5.73 Å². The average molecular weight is 235 g/mol. The molecule has 0 aliphatic heterocycles. The third kappa shape index (κ3) is 1.53. The molecule has 1 saturated carbocycles. The normalized spacial score (nSPS) is 18.6. The number of hydrogen-bond acceptors (Lipinski definition) is 1. The maximum atomic E-state index is 6.30. The van der Waals surface area contributed by atoms with Gasteiger partial charge in [0.05, 0.1) is 0 Å². The monoisotopic (exact) mass is 234 g/mol. The largest absolute Gasteiger partial charge is 0.361 e. The summed E-state index contributed by atoms with van der Waals surface area (Å²) in [6.07, 6.45) is 5.87. The van der Waals surface area contributed by atoms with Gasteiger partial charge in [0.25, 0.3) is 0 Å². The molecule has 0 bridgehead atoms. The van der Waals surface area contributed by atoms with E-state index >= 15 is 0 Å². The van der Waals surface area contributed by atoms with Crippen molar-refractivity contribution in [3.63, 3.8) is 0 Å². The number of hydrogen-bond donors (Lipinski definition) is 2. The van der Waals surface area contributed by atoms with Crippen LogP contribution in [0.5, 0.6) is 0 Å². The van der Waals surface area contributed by atoms with Crippen LogP contribution in [0.15, 0.2) is 24.4 Å². The van der Waals surface area contributed by atoms with E-state index in [1.165, 1.54) is 30.2 Å². The second-order valence-electron chi connectivity index (χ2n) is 4.65. The first-order valence-corrected chi connectivity index (χ1v) is 6.15. The van der Waals surface area contributed by atoms with Crippen LogP contribution in [0.1, 0.15) is 30.9 Å². The molecule has 1 aliphatic rings. The molecule has 0 spiro atoms. The fraction of sp³-hybridized carbons (Fsp3) is 0.385. The first kappa shape index (κ1) is 10.2. The van der Waals surface area contributed by atoms with Crippen molar-refractivity contribution in [1.82, 2.24) is 4.98 Å². The van der Waals surface area contributed by atoms with E-state index in [-0.39, 0.29) is 6.04 Å². The van der Waals surface area contributed by atoms with E-state index in [0.29, 0.717) is 5.92 Å². The van der Waals surface area contributed by atoms with Crippen LogP contribution in [0.25, 0.3) is 10.9 Å². The molecule has 84 valence electrons. The standard InChI is InChI=1S/C13H15ClN2/c14-9-4-5-12-10(6-9)11(7-16-12)13(15)8-2-1-3-8/h4-8,13,16H,1-3,15H2. The lowest BCUT2D eigenvalue weighted by Crippen LogP contribution is -2.26. The summed E-state index contributed by atoms with van der Waals surface area (Å²) in [6, 6.07) is 6.07. The Kier molecular flexibility index (Phi) is 2.41. The second-order valence-corrected chi connectivity index (χ2v) is 5.09. The summed E-state index contributed by atoms with van der Waals surface area (Å²) in [4.78, 5) is 3.26. The van der Waals surface area contributed by atoms with Gasteiger partial charge in [-0.1, -0.05) is 18.0 Å². The average Bonchev–Trinajstić information content (AvgIpc) is 2.57. The number of nitrogens with one attached hydrogen (secondary N) is 1. The summed E-state index contributed by atoms with van der Waals surface area (Å²) in [5, 5.41) is 1.95. The van der Waals surface area contributed by atoms with Gasteiger partial charge in [-0.2, -0.15) is 0 Å². The Morgan fingerprint density at radius 3 is 2.88 bits per heavy atom. The summed E-state index contributed by atoms with van der Waals surface area (Å²) >= 11 is 6.02. The van der Waals surface area contributed by atoms with Crippen molar-refractivity contribution >= 4 is 22.5 Å². The van der Waals surface area contributed by atoms with Crippen LogP contribution in [-0.2, 0) is 0 Å². The zero-order chi connectivity index (χ0) is 11.1. The fourth-order valence-electron chi connectivity index (χ4n) is 2.44. The molecule has 0 amide bonds. The van der Waals surface area contributed by atoms with Crippen molar-refractivity contribution in [3.8, 4) is 0 Å². The number of benzene rings is 1. The highest BCUT2D eigenvalue weighted by atomic mass is 35.5. The molecule has 2 aromatic rings. The van der Waals surface area contributed by atoms with Gasteiger partial charge in [0.1, 0.15) is 0 Å². The Bertz CT molecular complexity index is 514. The highest BCUT2D eigenvalue weighted by Crippen LogP contribution is 2.38. The van der Waals surface area contributed by atoms with Crippen LogP contribution in [0.3, 0.4) is 0 Å². The van der Waals surface area contributed by atoms with E-state index < -0.39 is 0 Å². The highest BCUT2D eigenvalue weighted by molar-refractivity contribution is 6.31. The van der Waals surface area contributed by atoms with E-state index in [0.717, 1.165) is 10.5 Å². The summed E-state index contributed by atoms with van der Waals surface area (Å²) in [5.41, 5.74) is 8.63. The number of halogens is 1. The van der Waals surface area contributed by atoms with Gasteiger partial charge in [0.2, 0.25) is 0 Å². The van der Waals surface area contributed by atoms with Crippen molar-refractivity contribution in [1.29, 1.82) is 0 Å². The van der Waals surface area contributed by atoms with Crippen molar-refractivity contribution in [2.75, 3.05) is 0 Å². The minimum atomic E-state index is 0.154. The molecule has 1 aromatic carbocycles. The maximum absolute atomic E-state index is 6.30. The quantitative estimate of drug-likeness (QED) is 0.819. The zero-order valence-electron chi connectivity index (χ0n) is 9.04. The molecule has 0 saturated heterocycles. The topological polar surface area (TPSA) is 41.8 Å². The molecule has 3 rings (SSSR count). The highest BCUT2D eigenvalue weighted by Gasteiger charge is 2.27. The maximum Gasteiger partial charge on any atom is 0.0458 e. The van der Waals surface area contributed by atoms with Gasteiger partial charge in [-0.15, -0.1) is 0 Å². The van der Waals surface area contributed by atoms with E-state index in [4.69, 9.17) is 17.3 Å². The van der Waals surface area contributed by atoms with Gasteiger partial charge >= 0.3 is 0 Å². The van der Waals surface area contributed by atoms with Gasteiger partial charge in [-0.05, 0) is 42.5 Å². The third-order valence-corrected chi connectivity index (χ3v) is 3.93. The Balaban J connectivity index is 2.05. The molecule has 1 fully saturated rings. The smallest absolute Gasteiger partial charge is 0.0458 e. The summed E-state index contributed by atoms with van der Waals surface area (Å²) in [7, 11) is 0. The lowest BCUT2D eigenvalue weighted by molar-refractivity contribution is 0.265. The van der Waals surface area contributed by atoms with Crippen LogP contribution in [0.2, 0.25) is 5.02 Å². The molecule has 1 unspecified atom stereocenters. The van der Waals surface area contributed by atoms with Crippen molar-refractivity contribution < 1.29 is 0 Å². The van der Waals surface area contributed by atoms with Crippen molar-refractivity contribution in [3.05, 3.63) is 35.0 Å². The molecule has 3 heteroatoms. The minimum absolute atomic E-state index is 0.154. The summed E-state index contributed by atoms with van der Waals surface area (Å²) in [5.74, 6) is 0.651. The first-order chi connectivity index (χ1) is 7.75. The Morgan fingerprint density at radius 2 is 2.19 bits per heavy atom. The molecule has 2 nitrogen and oxygen atoms in total. The Morgan fingerprint density at radius 1 is 1.38 bits per heavy atom. The molecular formula is C13H15ClN2. The van der Waals surface area contributed by atoms with Gasteiger partial charge in [-0.25, -0.2) is 0 Å². The van der Waals surface area contributed by atoms with Crippen molar-refractivity contribution in [2.24, 2.45) is 11.7 Å². The molecule has 3 N–H and O–H groups in total. The Hall–Kier alpha value is -0.990. The van der Waals surface area contributed by atoms with Gasteiger partial charge < -0.3 is 10.7 Å². The van der Waals surface area contributed by atoms with Gasteiger partial charge in [0, 0.05) is 28.2 Å². The summed E-state index contributed by atoms with van der Waals surface area (Å²) < 4.78 is 0. The zero-order valence-corrected chi connectivity index (χ0v) is 9.80. The van der Waals surface area contributed by atoms with Gasteiger partial charge in [-0.3, -0.25) is 0 Å². The molecule has 1 heterocycles. The van der Waals surface area contributed by atoms with Crippen LogP contribution >= 0.6 is 11.6 Å². The van der Waals surface area contributed by atoms with E-state index in [1.807, 2.05) is 24.4 Å². The fourth-order valence-corrected chi connectivity index (χ4v) is 2.62. The number of rotatable bonds is 2. The summed E-state index contributed by atoms with van der Waals surface area (Å²) in [6.45, 7) is 0. The van der Waals surface area contributed by atoms with Gasteiger partial charge in [0.15, 0.2) is 0 Å². The predicted molar refractivity (Wildman–Crippen MR) is 67.6 cm³/mol. The van der Waals surface area contributed by atoms with Crippen LogP contribution in [0, 0.1) is 5.92 Å². The number of nitrogens with two attached hydrogens (primary N) is 1. The molecule has 16 heavy (non-hydrogen) atoms. The van der Waals surface area contributed by atoms with Crippen molar-refractivity contribution in [2.45, 2.75) is 25.3 Å². The predicted octanol–water partition coefficient (Wildman–Crippen LogP) is 3.62. The minimum Gasteiger partial charge on any atom is -0.361 e. The number of aromatic amines is 1. The lowest BCUT2D eigenvalue weighted by atomic mass is 9.77. The number of aromatic nitrogens is 1. The Labute approximate surface area is 99.8 Å². The van der Waals surface area contributed by atoms with E-state index in [9.17, 15) is 0 Å². The lowest BCUT2D eigenvalue weighted by Gasteiger charge is -2.31. The first-order valence-electron chi connectivity index (χ1n) is 5.78. The molecule has 1 aliphatic carbocycles. The second kappa shape index (κ2) is 3.79. The van der Waals surface area contributed by atoms with Crippen LogP contribution in [0.4, 0.5) is 0 Å². The SMILES string of the molecule is NC(c1c[nH]c2ccc(Cl)cc12)C1CCC1. The van der Waals surface area contributed by atoms with E-state index in [2.05, 4.69) is 4.98 Å². The van der Waals surface area contributed by atoms with Crippen LogP contribution in [-0.4, -0.2) is 4.98 Å². The molecule has 0 radical (unpaired) electrons. The van der Waals surface area contributed by atoms with E-state index in [1.54, 1.807) is 0 Å². The molecule has 1 aromatic heterocycles. The number of H-pyrrole nitrogens is 1. The molecule has 1 atom stereocenters. The molecular weight excluding hydrogens is 220 g/mol. The number of fused-ring (bicyclic) bond motifs is 1.